The van der Waals surface area contributed by atoms with E-state index in [0.29, 0.717) is 0 Å². The monoisotopic (exact) mass is 170 g/mol. The lowest BCUT2D eigenvalue weighted by Gasteiger charge is -1.88. The van der Waals surface area contributed by atoms with E-state index in [9.17, 15) is 0 Å². The van der Waals surface area contributed by atoms with Crippen molar-refractivity contribution in [2.24, 2.45) is 5.73 Å². The standard InChI is InChI=1S/C8H14N2S/c1-2-3-8-10-6-7(11-8)4-5-9/h6H,2-5,9H2,1H3. The van der Waals surface area contributed by atoms with E-state index in [1.807, 2.05) is 6.20 Å². The molecule has 3 heteroatoms. The van der Waals surface area contributed by atoms with Crippen LogP contribution in [0.4, 0.5) is 0 Å². The molecule has 0 amide bonds. The van der Waals surface area contributed by atoms with Crippen LogP contribution in [0.3, 0.4) is 0 Å². The second-order valence-corrected chi connectivity index (χ2v) is 3.71. The van der Waals surface area contributed by atoms with Gasteiger partial charge in [-0.3, -0.25) is 0 Å². The van der Waals surface area contributed by atoms with Crippen molar-refractivity contribution in [3.8, 4) is 0 Å². The van der Waals surface area contributed by atoms with Gasteiger partial charge in [0, 0.05) is 11.1 Å². The normalized spacial score (nSPS) is 10.4. The summed E-state index contributed by atoms with van der Waals surface area (Å²) in [5.74, 6) is 0. The van der Waals surface area contributed by atoms with E-state index >= 15 is 0 Å². The Balaban J connectivity index is 2.51. The molecule has 62 valence electrons. The molecule has 0 aromatic carbocycles. The quantitative estimate of drug-likeness (QED) is 0.745. The molecular weight excluding hydrogens is 156 g/mol. The second kappa shape index (κ2) is 4.46. The van der Waals surface area contributed by atoms with Crippen molar-refractivity contribution in [1.29, 1.82) is 0 Å². The lowest BCUT2D eigenvalue weighted by atomic mass is 10.3. The summed E-state index contributed by atoms with van der Waals surface area (Å²) in [5.41, 5.74) is 5.42. The summed E-state index contributed by atoms with van der Waals surface area (Å²) in [4.78, 5) is 5.60. The number of aryl methyl sites for hydroxylation is 1. The average Bonchev–Trinajstić information content (AvgIpc) is 2.38. The number of thiazole rings is 1. The van der Waals surface area contributed by atoms with Crippen molar-refractivity contribution in [2.75, 3.05) is 6.54 Å². The smallest absolute Gasteiger partial charge is 0.0927 e. The summed E-state index contributed by atoms with van der Waals surface area (Å²) in [5, 5.41) is 1.25. The Morgan fingerprint density at radius 3 is 3.00 bits per heavy atom. The third kappa shape index (κ3) is 2.60. The molecule has 11 heavy (non-hydrogen) atoms. The molecule has 0 spiro atoms. The van der Waals surface area contributed by atoms with Gasteiger partial charge < -0.3 is 5.73 Å². The molecule has 0 aliphatic heterocycles. The molecule has 0 aliphatic rings. The minimum absolute atomic E-state index is 0.730. The summed E-state index contributed by atoms with van der Waals surface area (Å²) in [6, 6.07) is 0. The summed E-state index contributed by atoms with van der Waals surface area (Å²) >= 11 is 1.79. The van der Waals surface area contributed by atoms with Gasteiger partial charge in [-0.05, 0) is 25.8 Å². The van der Waals surface area contributed by atoms with Crippen LogP contribution in [0.1, 0.15) is 23.2 Å². The van der Waals surface area contributed by atoms with Crippen LogP contribution in [0.2, 0.25) is 0 Å². The van der Waals surface area contributed by atoms with Crippen molar-refractivity contribution >= 4 is 11.3 Å². The molecule has 1 aromatic rings. The fraction of sp³-hybridized carbons (Fsp3) is 0.625. The van der Waals surface area contributed by atoms with Gasteiger partial charge in [0.05, 0.1) is 5.01 Å². The number of nitrogens with two attached hydrogens (primary N) is 1. The number of rotatable bonds is 4. The SMILES string of the molecule is CCCc1ncc(CCN)s1. The summed E-state index contributed by atoms with van der Waals surface area (Å²) in [6.07, 6.45) is 5.20. The Morgan fingerprint density at radius 1 is 1.55 bits per heavy atom. The lowest BCUT2D eigenvalue weighted by Crippen LogP contribution is -2.00. The Hall–Kier alpha value is -0.410. The molecule has 0 bridgehead atoms. The first kappa shape index (κ1) is 8.68. The summed E-state index contributed by atoms with van der Waals surface area (Å²) in [7, 11) is 0. The molecule has 0 aliphatic carbocycles. The largest absolute Gasteiger partial charge is 0.330 e. The maximum atomic E-state index is 5.42. The molecule has 1 aromatic heterocycles. The summed E-state index contributed by atoms with van der Waals surface area (Å²) < 4.78 is 0. The van der Waals surface area contributed by atoms with Crippen molar-refractivity contribution < 1.29 is 0 Å². The molecule has 0 fully saturated rings. The minimum Gasteiger partial charge on any atom is -0.330 e. The first-order chi connectivity index (χ1) is 5.36. The zero-order valence-corrected chi connectivity index (χ0v) is 7.66. The molecule has 1 heterocycles. The minimum atomic E-state index is 0.730. The molecule has 1 rings (SSSR count). The van der Waals surface area contributed by atoms with Crippen LogP contribution in [0.15, 0.2) is 6.20 Å². The number of hydrogen-bond acceptors (Lipinski definition) is 3. The summed E-state index contributed by atoms with van der Waals surface area (Å²) in [6.45, 7) is 2.90. The highest BCUT2D eigenvalue weighted by molar-refractivity contribution is 7.11. The fourth-order valence-electron chi connectivity index (χ4n) is 0.935. The Bertz CT molecular complexity index is 187. The number of nitrogens with zero attached hydrogens (tertiary/aromatic N) is 1. The maximum Gasteiger partial charge on any atom is 0.0927 e. The van der Waals surface area contributed by atoms with Crippen molar-refractivity contribution in [3.05, 3.63) is 16.1 Å². The van der Waals surface area contributed by atoms with E-state index in [0.717, 1.165) is 19.4 Å². The van der Waals surface area contributed by atoms with E-state index in [4.69, 9.17) is 5.73 Å². The number of aromatic nitrogens is 1. The molecule has 0 saturated carbocycles. The second-order valence-electron chi connectivity index (χ2n) is 2.51. The van der Waals surface area contributed by atoms with Crippen LogP contribution < -0.4 is 5.73 Å². The van der Waals surface area contributed by atoms with Gasteiger partial charge in [0.25, 0.3) is 0 Å². The van der Waals surface area contributed by atoms with E-state index in [1.54, 1.807) is 11.3 Å². The highest BCUT2D eigenvalue weighted by atomic mass is 32.1. The highest BCUT2D eigenvalue weighted by Gasteiger charge is 1.98. The lowest BCUT2D eigenvalue weighted by molar-refractivity contribution is 0.908. The van der Waals surface area contributed by atoms with Crippen LogP contribution in [-0.4, -0.2) is 11.5 Å². The van der Waals surface area contributed by atoms with Gasteiger partial charge in [0.15, 0.2) is 0 Å². The van der Waals surface area contributed by atoms with E-state index in [1.165, 1.54) is 16.3 Å². The van der Waals surface area contributed by atoms with Crippen LogP contribution in [0.25, 0.3) is 0 Å². The van der Waals surface area contributed by atoms with Crippen molar-refractivity contribution in [1.82, 2.24) is 4.98 Å². The molecule has 2 N–H and O–H groups in total. The third-order valence-corrected chi connectivity index (χ3v) is 2.57. The predicted octanol–water partition coefficient (Wildman–Crippen LogP) is 1.60. The fourth-order valence-corrected chi connectivity index (χ4v) is 1.97. The van der Waals surface area contributed by atoms with Gasteiger partial charge in [0.1, 0.15) is 0 Å². The van der Waals surface area contributed by atoms with Crippen LogP contribution in [0, 0.1) is 0 Å². The topological polar surface area (TPSA) is 38.9 Å². The van der Waals surface area contributed by atoms with Gasteiger partial charge in [-0.15, -0.1) is 11.3 Å². The van der Waals surface area contributed by atoms with E-state index in [-0.39, 0.29) is 0 Å². The molecule has 0 saturated heterocycles. The van der Waals surface area contributed by atoms with Gasteiger partial charge in [-0.25, -0.2) is 4.98 Å². The first-order valence-corrected chi connectivity index (χ1v) is 4.82. The zero-order chi connectivity index (χ0) is 8.10. The Morgan fingerprint density at radius 2 is 2.36 bits per heavy atom. The van der Waals surface area contributed by atoms with Gasteiger partial charge >= 0.3 is 0 Å². The molecule has 0 radical (unpaired) electrons. The van der Waals surface area contributed by atoms with Crippen molar-refractivity contribution in [3.63, 3.8) is 0 Å². The van der Waals surface area contributed by atoms with Crippen LogP contribution >= 0.6 is 11.3 Å². The van der Waals surface area contributed by atoms with Gasteiger partial charge in [0.2, 0.25) is 0 Å². The average molecular weight is 170 g/mol. The zero-order valence-electron chi connectivity index (χ0n) is 6.84. The highest BCUT2D eigenvalue weighted by Crippen LogP contribution is 2.14. The molecule has 0 atom stereocenters. The third-order valence-electron chi connectivity index (χ3n) is 1.46. The molecule has 2 nitrogen and oxygen atoms in total. The molecule has 0 unspecified atom stereocenters. The van der Waals surface area contributed by atoms with Gasteiger partial charge in [-0.1, -0.05) is 6.92 Å². The van der Waals surface area contributed by atoms with Crippen LogP contribution in [0.5, 0.6) is 0 Å². The van der Waals surface area contributed by atoms with Gasteiger partial charge in [-0.2, -0.15) is 0 Å². The Kier molecular flexibility index (Phi) is 3.52. The Labute approximate surface area is 71.5 Å². The van der Waals surface area contributed by atoms with E-state index < -0.39 is 0 Å². The van der Waals surface area contributed by atoms with Crippen molar-refractivity contribution in [2.45, 2.75) is 26.2 Å². The van der Waals surface area contributed by atoms with Crippen LogP contribution in [-0.2, 0) is 12.8 Å². The number of hydrogen-bond donors (Lipinski definition) is 1. The van der Waals surface area contributed by atoms with E-state index in [2.05, 4.69) is 11.9 Å². The first-order valence-electron chi connectivity index (χ1n) is 4.00. The maximum absolute atomic E-state index is 5.42. The molecular formula is C8H14N2S. The predicted molar refractivity (Wildman–Crippen MR) is 48.9 cm³/mol.